The molecule has 1 atom stereocenters. The molecular weight excluding hydrogens is 198 g/mol. The third-order valence-corrected chi connectivity index (χ3v) is 3.04. The van der Waals surface area contributed by atoms with Crippen LogP contribution in [0.5, 0.6) is 0 Å². The van der Waals surface area contributed by atoms with Crippen molar-refractivity contribution in [2.45, 2.75) is 39.8 Å². The molecule has 16 heavy (non-hydrogen) atoms. The topological polar surface area (TPSA) is 23.5 Å². The second-order valence-electron chi connectivity index (χ2n) is 4.32. The fraction of sp³-hybridized carbons (Fsp3) is 0.571. The van der Waals surface area contributed by atoms with Crippen molar-refractivity contribution in [3.05, 3.63) is 35.4 Å². The van der Waals surface area contributed by atoms with Gasteiger partial charge in [-0.05, 0) is 31.0 Å². The Morgan fingerprint density at radius 3 is 2.50 bits per heavy atom. The predicted molar refractivity (Wildman–Crippen MR) is 68.4 cm³/mol. The van der Waals surface area contributed by atoms with Gasteiger partial charge >= 0.3 is 0 Å². The Kier molecular flexibility index (Phi) is 5.50. The summed E-state index contributed by atoms with van der Waals surface area (Å²) in [7, 11) is 0. The van der Waals surface area contributed by atoms with Gasteiger partial charge in [0.2, 0.25) is 0 Å². The predicted octanol–water partition coefficient (Wildman–Crippen LogP) is 2.59. The number of rotatable bonds is 6. The molecule has 2 heteroatoms. The van der Waals surface area contributed by atoms with Crippen LogP contribution in [0.1, 0.15) is 31.4 Å². The van der Waals surface area contributed by atoms with Crippen LogP contribution in [0, 0.1) is 6.92 Å². The van der Waals surface area contributed by atoms with Crippen LogP contribution in [0.4, 0.5) is 0 Å². The molecule has 0 amide bonds. The van der Waals surface area contributed by atoms with Gasteiger partial charge in [0.15, 0.2) is 0 Å². The van der Waals surface area contributed by atoms with Crippen LogP contribution in [0.3, 0.4) is 0 Å². The van der Waals surface area contributed by atoms with E-state index in [4.69, 9.17) is 0 Å². The maximum Gasteiger partial charge on any atom is 0.0664 e. The Bertz CT molecular complexity index is 311. The molecule has 0 aliphatic rings. The molecule has 1 unspecified atom stereocenters. The van der Waals surface area contributed by atoms with Crippen molar-refractivity contribution in [2.24, 2.45) is 0 Å². The molecule has 2 nitrogen and oxygen atoms in total. The molecular formula is C14H23NO. The maximum atomic E-state index is 9.67. The molecule has 0 aromatic heterocycles. The quantitative estimate of drug-likeness (QED) is 0.798. The first-order chi connectivity index (χ1) is 7.67. The van der Waals surface area contributed by atoms with Crippen molar-refractivity contribution in [2.75, 3.05) is 13.1 Å². The van der Waals surface area contributed by atoms with Crippen LogP contribution >= 0.6 is 0 Å². The number of hydrogen-bond acceptors (Lipinski definition) is 2. The molecule has 1 N–H and O–H groups in total. The Balaban J connectivity index is 2.60. The minimum absolute atomic E-state index is 0.205. The number of aryl methyl sites for hydroxylation is 1. The highest BCUT2D eigenvalue weighted by atomic mass is 16.3. The number of nitrogens with zero attached hydrogens (tertiary/aromatic N) is 1. The molecule has 1 aromatic carbocycles. The molecule has 0 saturated heterocycles. The van der Waals surface area contributed by atoms with E-state index < -0.39 is 0 Å². The van der Waals surface area contributed by atoms with E-state index >= 15 is 0 Å². The number of benzene rings is 1. The van der Waals surface area contributed by atoms with Gasteiger partial charge in [-0.1, -0.05) is 38.1 Å². The van der Waals surface area contributed by atoms with Crippen LogP contribution in [-0.4, -0.2) is 29.2 Å². The number of aliphatic hydroxyl groups excluding tert-OH is 1. The molecule has 0 aliphatic carbocycles. The van der Waals surface area contributed by atoms with Crippen LogP contribution < -0.4 is 0 Å². The molecule has 90 valence electrons. The molecule has 1 rings (SSSR count). The van der Waals surface area contributed by atoms with E-state index in [1.165, 1.54) is 11.1 Å². The van der Waals surface area contributed by atoms with Gasteiger partial charge in [0, 0.05) is 13.1 Å². The summed E-state index contributed by atoms with van der Waals surface area (Å²) < 4.78 is 0. The molecule has 0 bridgehead atoms. The summed E-state index contributed by atoms with van der Waals surface area (Å²) in [5.74, 6) is 0. The summed E-state index contributed by atoms with van der Waals surface area (Å²) in [6.07, 6.45) is 0.619. The van der Waals surface area contributed by atoms with E-state index in [9.17, 15) is 5.11 Å². The Labute approximate surface area is 98.9 Å². The fourth-order valence-corrected chi connectivity index (χ4v) is 1.76. The lowest BCUT2D eigenvalue weighted by Gasteiger charge is -2.23. The highest BCUT2D eigenvalue weighted by Crippen LogP contribution is 2.11. The standard InChI is InChI=1S/C14H23NO/c1-4-14(16)11-15(5-2)10-13-9-7-6-8-12(13)3/h6-9,14,16H,4-5,10-11H2,1-3H3. The summed E-state index contributed by atoms with van der Waals surface area (Å²) >= 11 is 0. The second-order valence-corrected chi connectivity index (χ2v) is 4.32. The number of hydrogen-bond donors (Lipinski definition) is 1. The minimum Gasteiger partial charge on any atom is -0.392 e. The average Bonchev–Trinajstić information content (AvgIpc) is 2.30. The zero-order chi connectivity index (χ0) is 12.0. The van der Waals surface area contributed by atoms with Crippen molar-refractivity contribution in [3.63, 3.8) is 0 Å². The molecule has 1 aromatic rings. The molecule has 0 heterocycles. The smallest absolute Gasteiger partial charge is 0.0664 e. The third-order valence-electron chi connectivity index (χ3n) is 3.04. The van der Waals surface area contributed by atoms with Gasteiger partial charge in [0.05, 0.1) is 6.10 Å². The molecule has 0 saturated carbocycles. The summed E-state index contributed by atoms with van der Waals surface area (Å²) in [5, 5.41) is 9.67. The van der Waals surface area contributed by atoms with Crippen LogP contribution in [0.2, 0.25) is 0 Å². The van der Waals surface area contributed by atoms with Crippen LogP contribution in [0.25, 0.3) is 0 Å². The summed E-state index contributed by atoms with van der Waals surface area (Å²) in [5.41, 5.74) is 2.68. The summed E-state index contributed by atoms with van der Waals surface area (Å²) in [6.45, 7) is 8.97. The molecule has 0 spiro atoms. The highest BCUT2D eigenvalue weighted by molar-refractivity contribution is 5.25. The van der Waals surface area contributed by atoms with Gasteiger partial charge < -0.3 is 5.11 Å². The van der Waals surface area contributed by atoms with Gasteiger partial charge in [-0.15, -0.1) is 0 Å². The zero-order valence-corrected chi connectivity index (χ0v) is 10.6. The Morgan fingerprint density at radius 2 is 1.94 bits per heavy atom. The Hall–Kier alpha value is -0.860. The monoisotopic (exact) mass is 221 g/mol. The van der Waals surface area contributed by atoms with E-state index in [1.807, 2.05) is 6.92 Å². The minimum atomic E-state index is -0.205. The zero-order valence-electron chi connectivity index (χ0n) is 10.6. The number of likely N-dealkylation sites (N-methyl/N-ethyl adjacent to an activating group) is 1. The summed E-state index contributed by atoms with van der Waals surface area (Å²) in [6, 6.07) is 8.44. The lowest BCUT2D eigenvalue weighted by Crippen LogP contribution is -2.31. The van der Waals surface area contributed by atoms with Crippen molar-refractivity contribution in [1.29, 1.82) is 0 Å². The number of aliphatic hydroxyl groups is 1. The van der Waals surface area contributed by atoms with E-state index in [0.717, 1.165) is 26.1 Å². The largest absolute Gasteiger partial charge is 0.392 e. The van der Waals surface area contributed by atoms with Gasteiger partial charge in [0.1, 0.15) is 0 Å². The molecule has 0 aliphatic heterocycles. The fourth-order valence-electron chi connectivity index (χ4n) is 1.76. The van der Waals surface area contributed by atoms with E-state index in [-0.39, 0.29) is 6.10 Å². The van der Waals surface area contributed by atoms with Gasteiger partial charge in [0.25, 0.3) is 0 Å². The molecule has 0 radical (unpaired) electrons. The van der Waals surface area contributed by atoms with Gasteiger partial charge in [-0.25, -0.2) is 0 Å². The van der Waals surface area contributed by atoms with Crippen molar-refractivity contribution in [1.82, 2.24) is 4.90 Å². The highest BCUT2D eigenvalue weighted by Gasteiger charge is 2.09. The lowest BCUT2D eigenvalue weighted by molar-refractivity contribution is 0.108. The normalized spacial score (nSPS) is 13.1. The third kappa shape index (κ3) is 3.95. The van der Waals surface area contributed by atoms with Crippen LogP contribution in [-0.2, 0) is 6.54 Å². The van der Waals surface area contributed by atoms with Crippen molar-refractivity contribution in [3.8, 4) is 0 Å². The van der Waals surface area contributed by atoms with Gasteiger partial charge in [-0.3, -0.25) is 4.90 Å². The summed E-state index contributed by atoms with van der Waals surface area (Å²) in [4.78, 5) is 2.29. The van der Waals surface area contributed by atoms with Crippen molar-refractivity contribution < 1.29 is 5.11 Å². The van der Waals surface area contributed by atoms with E-state index in [2.05, 4.69) is 43.0 Å². The average molecular weight is 221 g/mol. The van der Waals surface area contributed by atoms with Crippen molar-refractivity contribution >= 4 is 0 Å². The molecule has 0 fully saturated rings. The first-order valence-corrected chi connectivity index (χ1v) is 6.12. The first kappa shape index (κ1) is 13.2. The van der Waals surface area contributed by atoms with E-state index in [0.29, 0.717) is 0 Å². The SMILES string of the molecule is CCC(O)CN(CC)Cc1ccccc1C. The van der Waals surface area contributed by atoms with Crippen LogP contribution in [0.15, 0.2) is 24.3 Å². The second kappa shape index (κ2) is 6.66. The Morgan fingerprint density at radius 1 is 1.25 bits per heavy atom. The first-order valence-electron chi connectivity index (χ1n) is 6.12. The lowest BCUT2D eigenvalue weighted by atomic mass is 10.1. The maximum absolute atomic E-state index is 9.67. The van der Waals surface area contributed by atoms with E-state index in [1.54, 1.807) is 0 Å². The van der Waals surface area contributed by atoms with Gasteiger partial charge in [-0.2, -0.15) is 0 Å².